The Morgan fingerprint density at radius 3 is 1.54 bits per heavy atom. The molecule has 0 saturated heterocycles. The van der Waals surface area contributed by atoms with Crippen LogP contribution in [0.5, 0.6) is 0 Å². The van der Waals surface area contributed by atoms with E-state index in [0.29, 0.717) is 0 Å². The van der Waals surface area contributed by atoms with Crippen molar-refractivity contribution in [2.75, 3.05) is 4.90 Å². The van der Waals surface area contributed by atoms with Crippen molar-refractivity contribution in [3.05, 3.63) is 271 Å². The third-order valence-electron chi connectivity index (χ3n) is 16.1. The highest BCUT2D eigenvalue weighted by Gasteiger charge is 2.52. The first-order chi connectivity index (χ1) is 35.3. The first-order valence-electron chi connectivity index (χ1n) is 24.7. The van der Waals surface area contributed by atoms with E-state index in [0.717, 1.165) is 60.9 Å². The van der Waals surface area contributed by atoms with Crippen LogP contribution in [0.1, 0.15) is 22.3 Å². The lowest BCUT2D eigenvalue weighted by atomic mass is 9.70. The second kappa shape index (κ2) is 14.4. The van der Waals surface area contributed by atoms with Gasteiger partial charge in [0.05, 0.1) is 16.8 Å². The van der Waals surface area contributed by atoms with Gasteiger partial charge in [-0.2, -0.15) is 0 Å². The number of benzene rings is 12. The molecule has 2 nitrogen and oxygen atoms in total. The summed E-state index contributed by atoms with van der Waals surface area (Å²) in [6.45, 7) is 0. The molecule has 1 heterocycles. The van der Waals surface area contributed by atoms with E-state index >= 15 is 0 Å². The first kappa shape index (κ1) is 38.7. The van der Waals surface area contributed by atoms with Crippen molar-refractivity contribution in [1.29, 1.82) is 0 Å². The summed E-state index contributed by atoms with van der Waals surface area (Å²) < 4.78 is 6.68. The average Bonchev–Trinajstić information content (AvgIpc) is 4.16. The molecule has 328 valence electrons. The van der Waals surface area contributed by atoms with Gasteiger partial charge < -0.3 is 9.32 Å². The Kier molecular flexibility index (Phi) is 7.85. The standard InChI is InChI=1S/C69H41NO/c1-2-18-47-46(17-1)54-25-13-24-53-44(38-39-55(47)66(53)54)42-34-36-43(37-35-42)70(63-41-40-48(45-16-3-4-21-51(45)63)56-26-14-27-57-52-22-8-12-33-65(52)71-68(56)57)64-32-15-31-62-67(64)58-23-7-11-30-61(58)69(62)59-28-9-5-19-49(59)50-20-6-10-29-60(50)69/h1-41H. The van der Waals surface area contributed by atoms with E-state index in [2.05, 4.69) is 248 Å². The van der Waals surface area contributed by atoms with Crippen LogP contribution in [0, 0.1) is 0 Å². The molecule has 3 aliphatic rings. The first-order valence-corrected chi connectivity index (χ1v) is 24.7. The van der Waals surface area contributed by atoms with Crippen LogP contribution in [0.4, 0.5) is 17.1 Å². The molecule has 13 aromatic rings. The summed E-state index contributed by atoms with van der Waals surface area (Å²) >= 11 is 0. The highest BCUT2D eigenvalue weighted by atomic mass is 16.3. The Bertz CT molecular complexity index is 4340. The second-order valence-corrected chi connectivity index (χ2v) is 19.4. The maximum absolute atomic E-state index is 6.68. The van der Waals surface area contributed by atoms with Gasteiger partial charge in [0, 0.05) is 33.0 Å². The lowest BCUT2D eigenvalue weighted by Crippen LogP contribution is -2.26. The van der Waals surface area contributed by atoms with Crippen LogP contribution < -0.4 is 4.90 Å². The van der Waals surface area contributed by atoms with Gasteiger partial charge in [0.2, 0.25) is 0 Å². The number of anilines is 3. The molecule has 16 rings (SSSR count). The number of rotatable bonds is 5. The summed E-state index contributed by atoms with van der Waals surface area (Å²) in [6, 6.07) is 92.4. The Hall–Kier alpha value is -9.24. The van der Waals surface area contributed by atoms with Gasteiger partial charge in [-0.05, 0) is 124 Å². The molecule has 1 aromatic heterocycles. The van der Waals surface area contributed by atoms with Crippen LogP contribution in [0.3, 0.4) is 0 Å². The van der Waals surface area contributed by atoms with E-state index in [4.69, 9.17) is 4.42 Å². The monoisotopic (exact) mass is 899 g/mol. The molecular weight excluding hydrogens is 859 g/mol. The molecule has 0 bridgehead atoms. The molecule has 0 unspecified atom stereocenters. The minimum Gasteiger partial charge on any atom is -0.455 e. The summed E-state index contributed by atoms with van der Waals surface area (Å²) in [5.41, 5.74) is 25.0. The van der Waals surface area contributed by atoms with Crippen molar-refractivity contribution in [2.45, 2.75) is 5.41 Å². The van der Waals surface area contributed by atoms with Crippen LogP contribution in [0.15, 0.2) is 253 Å². The van der Waals surface area contributed by atoms with Crippen LogP contribution in [-0.2, 0) is 5.41 Å². The van der Waals surface area contributed by atoms with Crippen molar-refractivity contribution in [3.63, 3.8) is 0 Å². The molecule has 2 heteroatoms. The van der Waals surface area contributed by atoms with Crippen LogP contribution >= 0.6 is 0 Å². The predicted molar refractivity (Wildman–Crippen MR) is 295 cm³/mol. The van der Waals surface area contributed by atoms with Crippen LogP contribution in [0.2, 0.25) is 0 Å². The predicted octanol–water partition coefficient (Wildman–Crippen LogP) is 18.7. The molecule has 0 amide bonds. The molecule has 71 heavy (non-hydrogen) atoms. The van der Waals surface area contributed by atoms with Gasteiger partial charge in [0.25, 0.3) is 0 Å². The molecule has 0 atom stereocenters. The van der Waals surface area contributed by atoms with Gasteiger partial charge in [-0.25, -0.2) is 0 Å². The second-order valence-electron chi connectivity index (χ2n) is 19.4. The number of furan rings is 1. The molecule has 12 aromatic carbocycles. The minimum atomic E-state index is -0.475. The van der Waals surface area contributed by atoms with Gasteiger partial charge in [-0.3, -0.25) is 0 Å². The fourth-order valence-corrected chi connectivity index (χ4v) is 13.2. The maximum Gasteiger partial charge on any atom is 0.143 e. The number of nitrogens with zero attached hydrogens (tertiary/aromatic N) is 1. The molecule has 3 aliphatic carbocycles. The Morgan fingerprint density at radius 1 is 0.282 bits per heavy atom. The number of hydrogen-bond donors (Lipinski definition) is 0. The Labute approximate surface area is 411 Å². The Morgan fingerprint density at radius 2 is 0.789 bits per heavy atom. The molecule has 0 saturated carbocycles. The van der Waals surface area contributed by atoms with Crippen molar-refractivity contribution in [1.82, 2.24) is 0 Å². The average molecular weight is 900 g/mol. The van der Waals surface area contributed by atoms with Crippen LogP contribution in [-0.4, -0.2) is 0 Å². The zero-order chi connectivity index (χ0) is 46.4. The van der Waals surface area contributed by atoms with Crippen molar-refractivity contribution in [3.8, 4) is 66.8 Å². The summed E-state index contributed by atoms with van der Waals surface area (Å²) in [4.78, 5) is 2.53. The van der Waals surface area contributed by atoms with E-state index in [9.17, 15) is 0 Å². The number of hydrogen-bond acceptors (Lipinski definition) is 2. The van der Waals surface area contributed by atoms with E-state index in [1.54, 1.807) is 0 Å². The lowest BCUT2D eigenvalue weighted by Gasteiger charge is -2.32. The molecule has 1 spiro atoms. The SMILES string of the molecule is c1ccc2c(c1)-c1cccc3c(-c4ccc(N(c5cccc6c5-c5ccccc5C65c6ccccc6-c6ccccc65)c5ccc(-c6cccc7c6oc6ccccc67)c6ccccc56)cc4)ccc-2c13. The normalized spacial score (nSPS) is 13.2. The van der Waals surface area contributed by atoms with Gasteiger partial charge >= 0.3 is 0 Å². The van der Waals surface area contributed by atoms with Crippen molar-refractivity contribution in [2.24, 2.45) is 0 Å². The zero-order valence-electron chi connectivity index (χ0n) is 38.5. The van der Waals surface area contributed by atoms with Crippen LogP contribution in [0.25, 0.3) is 110 Å². The fraction of sp³-hybridized carbons (Fsp3) is 0.0145. The van der Waals surface area contributed by atoms with E-state index in [-0.39, 0.29) is 0 Å². The summed E-state index contributed by atoms with van der Waals surface area (Å²) in [7, 11) is 0. The topological polar surface area (TPSA) is 16.4 Å². The molecule has 0 N–H and O–H groups in total. The van der Waals surface area contributed by atoms with Crippen molar-refractivity contribution >= 4 is 60.5 Å². The highest BCUT2D eigenvalue weighted by molar-refractivity contribution is 6.19. The highest BCUT2D eigenvalue weighted by Crippen LogP contribution is 2.65. The van der Waals surface area contributed by atoms with Gasteiger partial charge in [0.15, 0.2) is 0 Å². The zero-order valence-corrected chi connectivity index (χ0v) is 38.5. The van der Waals surface area contributed by atoms with E-state index < -0.39 is 5.41 Å². The van der Waals surface area contributed by atoms with Gasteiger partial charge in [-0.1, -0.05) is 218 Å². The molecular formula is C69H41NO. The largest absolute Gasteiger partial charge is 0.455 e. The van der Waals surface area contributed by atoms with Gasteiger partial charge in [0.1, 0.15) is 11.2 Å². The smallest absolute Gasteiger partial charge is 0.143 e. The minimum absolute atomic E-state index is 0.475. The quantitative estimate of drug-likeness (QED) is 0.171. The third-order valence-corrected chi connectivity index (χ3v) is 16.1. The fourth-order valence-electron chi connectivity index (χ4n) is 13.2. The number of fused-ring (bicyclic) bond motifs is 17. The van der Waals surface area contributed by atoms with Gasteiger partial charge in [-0.15, -0.1) is 0 Å². The molecule has 0 aliphatic heterocycles. The molecule has 0 radical (unpaired) electrons. The third kappa shape index (κ3) is 5.10. The molecule has 0 fully saturated rings. The van der Waals surface area contributed by atoms with Crippen molar-refractivity contribution < 1.29 is 4.42 Å². The lowest BCUT2D eigenvalue weighted by molar-refractivity contribution is 0.670. The maximum atomic E-state index is 6.68. The summed E-state index contributed by atoms with van der Waals surface area (Å²) in [6.07, 6.45) is 0. The van der Waals surface area contributed by atoms with E-state index in [1.165, 1.54) is 88.7 Å². The summed E-state index contributed by atoms with van der Waals surface area (Å²) in [5, 5.41) is 7.19. The summed E-state index contributed by atoms with van der Waals surface area (Å²) in [5.74, 6) is 0. The van der Waals surface area contributed by atoms with E-state index in [1.807, 2.05) is 6.07 Å². The Balaban J connectivity index is 0.941. The number of para-hydroxylation sites is 2.